The van der Waals surface area contributed by atoms with Crippen LogP contribution in [0.3, 0.4) is 0 Å². The number of benzene rings is 1. The summed E-state index contributed by atoms with van der Waals surface area (Å²) in [5.74, 6) is 0.0515. The van der Waals surface area contributed by atoms with E-state index in [-0.39, 0.29) is 13.3 Å². The lowest BCUT2D eigenvalue weighted by atomic mass is 10.1. The second kappa shape index (κ2) is 2.74. The molecule has 2 heteroatoms. The Hall–Kier alpha value is -1.31. The van der Waals surface area contributed by atoms with Gasteiger partial charge in [-0.1, -0.05) is 25.6 Å². The van der Waals surface area contributed by atoms with E-state index in [0.717, 1.165) is 11.1 Å². The molecule has 11 heavy (non-hydrogen) atoms. The highest BCUT2D eigenvalue weighted by molar-refractivity contribution is 5.98. The van der Waals surface area contributed by atoms with Gasteiger partial charge < -0.3 is 5.32 Å². The molecule has 0 radical (unpaired) electrons. The van der Waals surface area contributed by atoms with Crippen LogP contribution in [0.25, 0.3) is 0 Å². The molecule has 58 valence electrons. The highest BCUT2D eigenvalue weighted by atomic mass is 16.1. The standard InChI is InChI=1S/C8H7NO.CH4/c10-8-7-4-2-1-3-6(7)5-9-8;/h1-4H,5H2,(H,9,10);1H4. The Balaban J connectivity index is 0.000000605. The number of carbonyl (C=O) groups is 1. The summed E-state index contributed by atoms with van der Waals surface area (Å²) in [6, 6.07) is 7.63. The van der Waals surface area contributed by atoms with Crippen LogP contribution in [-0.2, 0) is 6.54 Å². The molecular formula is C9H11NO. The zero-order valence-electron chi connectivity index (χ0n) is 5.42. The molecule has 2 nitrogen and oxygen atoms in total. The molecule has 1 aliphatic rings. The average molecular weight is 149 g/mol. The minimum atomic E-state index is 0. The first-order valence-corrected chi connectivity index (χ1v) is 3.24. The number of hydrogen-bond donors (Lipinski definition) is 1. The molecule has 0 saturated carbocycles. The summed E-state index contributed by atoms with van der Waals surface area (Å²) < 4.78 is 0. The Bertz CT molecular complexity index is 281. The summed E-state index contributed by atoms with van der Waals surface area (Å²) in [6.45, 7) is 0.689. The van der Waals surface area contributed by atoms with Crippen LogP contribution in [0.2, 0.25) is 0 Å². The number of carbonyl (C=O) groups excluding carboxylic acids is 1. The first-order chi connectivity index (χ1) is 4.88. The van der Waals surface area contributed by atoms with Crippen molar-refractivity contribution in [3.05, 3.63) is 35.4 Å². The van der Waals surface area contributed by atoms with Gasteiger partial charge in [0.1, 0.15) is 0 Å². The first kappa shape index (κ1) is 7.79. The maximum Gasteiger partial charge on any atom is 0.251 e. The van der Waals surface area contributed by atoms with Crippen molar-refractivity contribution in [1.29, 1.82) is 0 Å². The van der Waals surface area contributed by atoms with Gasteiger partial charge in [0.15, 0.2) is 0 Å². The summed E-state index contributed by atoms with van der Waals surface area (Å²) in [6.07, 6.45) is 0. The Labute approximate surface area is 66.2 Å². The lowest BCUT2D eigenvalue weighted by Crippen LogP contribution is -2.12. The summed E-state index contributed by atoms with van der Waals surface area (Å²) in [7, 11) is 0. The molecule has 0 bridgehead atoms. The number of fused-ring (bicyclic) bond motifs is 1. The fraction of sp³-hybridized carbons (Fsp3) is 0.222. The normalized spacial score (nSPS) is 13.3. The fourth-order valence-corrected chi connectivity index (χ4v) is 1.17. The van der Waals surface area contributed by atoms with Crippen molar-refractivity contribution < 1.29 is 4.79 Å². The van der Waals surface area contributed by atoms with Crippen molar-refractivity contribution in [3.63, 3.8) is 0 Å². The molecule has 1 amide bonds. The van der Waals surface area contributed by atoms with E-state index in [1.807, 2.05) is 24.3 Å². The Kier molecular flexibility index (Phi) is 1.94. The summed E-state index contributed by atoms with van der Waals surface area (Å²) >= 11 is 0. The van der Waals surface area contributed by atoms with Crippen LogP contribution in [0.15, 0.2) is 24.3 Å². The van der Waals surface area contributed by atoms with E-state index in [1.54, 1.807) is 0 Å². The van der Waals surface area contributed by atoms with E-state index in [1.165, 1.54) is 0 Å². The molecule has 1 aromatic carbocycles. The second-order valence-electron chi connectivity index (χ2n) is 2.34. The molecule has 0 aliphatic carbocycles. The van der Waals surface area contributed by atoms with Crippen LogP contribution in [0.5, 0.6) is 0 Å². The van der Waals surface area contributed by atoms with Crippen LogP contribution in [0.1, 0.15) is 23.3 Å². The van der Waals surface area contributed by atoms with Crippen molar-refractivity contribution in [2.24, 2.45) is 0 Å². The summed E-state index contributed by atoms with van der Waals surface area (Å²) in [4.78, 5) is 11.0. The predicted molar refractivity (Wildman–Crippen MR) is 44.3 cm³/mol. The smallest absolute Gasteiger partial charge is 0.251 e. The van der Waals surface area contributed by atoms with E-state index >= 15 is 0 Å². The summed E-state index contributed by atoms with van der Waals surface area (Å²) in [5.41, 5.74) is 1.93. The maximum atomic E-state index is 11.0. The molecule has 0 aromatic heterocycles. The zero-order chi connectivity index (χ0) is 6.97. The third-order valence-electron chi connectivity index (χ3n) is 1.70. The zero-order valence-corrected chi connectivity index (χ0v) is 5.42. The van der Waals surface area contributed by atoms with Crippen molar-refractivity contribution >= 4 is 5.91 Å². The molecule has 0 saturated heterocycles. The van der Waals surface area contributed by atoms with Gasteiger partial charge in [-0.15, -0.1) is 0 Å². The van der Waals surface area contributed by atoms with Gasteiger partial charge >= 0.3 is 0 Å². The van der Waals surface area contributed by atoms with Gasteiger partial charge in [0.25, 0.3) is 5.91 Å². The fourth-order valence-electron chi connectivity index (χ4n) is 1.17. The van der Waals surface area contributed by atoms with Gasteiger partial charge in [0, 0.05) is 12.1 Å². The quantitative estimate of drug-likeness (QED) is 0.596. The van der Waals surface area contributed by atoms with Crippen LogP contribution in [0, 0.1) is 0 Å². The van der Waals surface area contributed by atoms with Crippen molar-refractivity contribution in [1.82, 2.24) is 5.32 Å². The van der Waals surface area contributed by atoms with Gasteiger partial charge in [-0.3, -0.25) is 4.79 Å². The highest BCUT2D eigenvalue weighted by Crippen LogP contribution is 2.13. The molecule has 0 spiro atoms. The van der Waals surface area contributed by atoms with Gasteiger partial charge in [0.05, 0.1) is 0 Å². The highest BCUT2D eigenvalue weighted by Gasteiger charge is 2.16. The second-order valence-corrected chi connectivity index (χ2v) is 2.34. The van der Waals surface area contributed by atoms with E-state index < -0.39 is 0 Å². The molecule has 1 aliphatic heterocycles. The molecular weight excluding hydrogens is 138 g/mol. The van der Waals surface area contributed by atoms with Crippen molar-refractivity contribution in [2.75, 3.05) is 0 Å². The molecule has 1 aromatic rings. The maximum absolute atomic E-state index is 11.0. The van der Waals surface area contributed by atoms with Crippen molar-refractivity contribution in [3.8, 4) is 0 Å². The van der Waals surface area contributed by atoms with Crippen LogP contribution in [-0.4, -0.2) is 5.91 Å². The van der Waals surface area contributed by atoms with Gasteiger partial charge in [-0.05, 0) is 11.6 Å². The van der Waals surface area contributed by atoms with Gasteiger partial charge in [0.2, 0.25) is 0 Å². The molecule has 0 unspecified atom stereocenters. The van der Waals surface area contributed by atoms with E-state index in [0.29, 0.717) is 6.54 Å². The predicted octanol–water partition coefficient (Wildman–Crippen LogP) is 1.57. The molecule has 1 N–H and O–H groups in total. The third-order valence-corrected chi connectivity index (χ3v) is 1.70. The van der Waals surface area contributed by atoms with Crippen molar-refractivity contribution in [2.45, 2.75) is 14.0 Å². The largest absolute Gasteiger partial charge is 0.348 e. The monoisotopic (exact) mass is 149 g/mol. The third kappa shape index (κ3) is 1.11. The minimum Gasteiger partial charge on any atom is -0.348 e. The summed E-state index contributed by atoms with van der Waals surface area (Å²) in [5, 5.41) is 2.75. The number of nitrogens with one attached hydrogen (secondary N) is 1. The molecule has 1 heterocycles. The Morgan fingerprint density at radius 3 is 2.73 bits per heavy atom. The van der Waals surface area contributed by atoms with Gasteiger partial charge in [-0.25, -0.2) is 0 Å². The molecule has 0 fully saturated rings. The van der Waals surface area contributed by atoms with E-state index in [2.05, 4.69) is 5.32 Å². The van der Waals surface area contributed by atoms with Crippen LogP contribution in [0.4, 0.5) is 0 Å². The SMILES string of the molecule is C.O=C1NCc2ccccc21. The lowest BCUT2D eigenvalue weighted by Gasteiger charge is -1.89. The van der Waals surface area contributed by atoms with Gasteiger partial charge in [-0.2, -0.15) is 0 Å². The average Bonchev–Trinajstić information content (AvgIpc) is 2.34. The first-order valence-electron chi connectivity index (χ1n) is 3.24. The van der Waals surface area contributed by atoms with E-state index in [4.69, 9.17) is 0 Å². The van der Waals surface area contributed by atoms with Crippen LogP contribution >= 0.6 is 0 Å². The lowest BCUT2D eigenvalue weighted by molar-refractivity contribution is 0.0966. The van der Waals surface area contributed by atoms with Crippen LogP contribution < -0.4 is 5.32 Å². The Morgan fingerprint density at radius 2 is 2.00 bits per heavy atom. The Morgan fingerprint density at radius 1 is 1.27 bits per heavy atom. The molecule has 0 atom stereocenters. The number of hydrogen-bond acceptors (Lipinski definition) is 1. The van der Waals surface area contributed by atoms with E-state index in [9.17, 15) is 4.79 Å². The molecule has 2 rings (SSSR count). The topological polar surface area (TPSA) is 29.1 Å². The number of amides is 1. The minimum absolute atomic E-state index is 0. The number of rotatable bonds is 0.